The zero-order valence-electron chi connectivity index (χ0n) is 41.7. The maximum absolute atomic E-state index is 9.03. The molecule has 8 aromatic carbocycles. The van der Waals surface area contributed by atoms with E-state index in [9.17, 15) is 0 Å². The number of rotatable bonds is 11. The van der Waals surface area contributed by atoms with Crippen molar-refractivity contribution in [2.24, 2.45) is 0 Å². The van der Waals surface area contributed by atoms with Crippen molar-refractivity contribution < 1.29 is 16.4 Å². The molecule has 0 saturated carbocycles. The molecule has 8 aromatic rings. The SMILES string of the molecule is CCC1=Cc2c(-c3cc(-c4ccccc4)cc(-c4ccccc4)c3)c(C)c(C)c(C)c2[CH]1[Zr]([Cl])([Cl])([CH2]C)[CH]1C(CC)=Cc2c(-c3cc(-c4ccccc4)cc(-c4ccccc4)c3)c(C)c(C)c(C)c21. The average Bonchev–Trinajstić information content (AvgIpc) is 4.00. The molecule has 0 heterocycles. The number of allylic oxidation sites excluding steroid dienone is 2. The van der Waals surface area contributed by atoms with Crippen LogP contribution in [0.1, 0.15) is 96.5 Å². The zero-order valence-corrected chi connectivity index (χ0v) is 45.7. The first-order chi connectivity index (χ1) is 33.3. The predicted octanol–water partition coefficient (Wildman–Crippen LogP) is 20.4. The fraction of sp³-hybridized carbons (Fsp3) is 0.212. The molecule has 345 valence electrons. The average molecular weight is 1020 g/mol. The minimum atomic E-state index is -5.24. The van der Waals surface area contributed by atoms with Crippen molar-refractivity contribution in [3.63, 3.8) is 0 Å². The van der Waals surface area contributed by atoms with Crippen LogP contribution in [0.25, 0.3) is 78.9 Å². The predicted molar refractivity (Wildman–Crippen MR) is 298 cm³/mol. The second kappa shape index (κ2) is 18.5. The van der Waals surface area contributed by atoms with E-state index in [1.807, 2.05) is 0 Å². The van der Waals surface area contributed by atoms with Gasteiger partial charge in [-0.05, 0) is 0 Å². The molecule has 2 atom stereocenters. The second-order valence-corrected chi connectivity index (χ2v) is 42.9. The molecule has 0 radical (unpaired) electrons. The van der Waals surface area contributed by atoms with Crippen molar-refractivity contribution in [2.45, 2.75) is 86.5 Å². The van der Waals surface area contributed by atoms with Gasteiger partial charge in [-0.2, -0.15) is 0 Å². The summed E-state index contributed by atoms with van der Waals surface area (Å²) in [4.78, 5) is 0. The molecule has 3 heteroatoms. The molecule has 0 bridgehead atoms. The molecular weight excluding hydrogens is 955 g/mol. The first-order valence-corrected chi connectivity index (χ1v) is 36.0. The summed E-state index contributed by atoms with van der Waals surface area (Å²) in [6.07, 6.45) is 6.83. The van der Waals surface area contributed by atoms with Crippen LogP contribution in [-0.2, 0) is 16.4 Å². The molecule has 10 rings (SSSR count). The number of fused-ring (bicyclic) bond motifs is 2. The molecule has 0 aromatic heterocycles. The van der Waals surface area contributed by atoms with Crippen molar-refractivity contribution in [1.29, 1.82) is 0 Å². The van der Waals surface area contributed by atoms with Crippen LogP contribution in [0.3, 0.4) is 0 Å². The minimum absolute atomic E-state index is 0.0508. The van der Waals surface area contributed by atoms with Crippen LogP contribution in [0.15, 0.2) is 169 Å². The van der Waals surface area contributed by atoms with E-state index >= 15 is 0 Å². The van der Waals surface area contributed by atoms with Crippen molar-refractivity contribution in [3.8, 4) is 66.8 Å². The van der Waals surface area contributed by atoms with Crippen LogP contribution in [0.5, 0.6) is 0 Å². The topological polar surface area (TPSA) is 0 Å². The molecule has 2 unspecified atom stereocenters. The Morgan fingerprint density at radius 3 is 0.884 bits per heavy atom. The van der Waals surface area contributed by atoms with Gasteiger partial charge >= 0.3 is 423 Å². The maximum atomic E-state index is 9.03. The second-order valence-electron chi connectivity index (χ2n) is 19.9. The van der Waals surface area contributed by atoms with Gasteiger partial charge in [-0.25, -0.2) is 0 Å². The van der Waals surface area contributed by atoms with Crippen molar-refractivity contribution in [1.82, 2.24) is 0 Å². The molecule has 2 aliphatic rings. The molecule has 0 aliphatic heterocycles. The third kappa shape index (κ3) is 7.93. The van der Waals surface area contributed by atoms with Crippen LogP contribution in [0.2, 0.25) is 4.13 Å². The fourth-order valence-corrected chi connectivity index (χ4v) is 31.0. The van der Waals surface area contributed by atoms with Gasteiger partial charge < -0.3 is 0 Å². The van der Waals surface area contributed by atoms with Gasteiger partial charge in [0, 0.05) is 0 Å². The number of hydrogen-bond donors (Lipinski definition) is 0. The molecule has 0 nitrogen and oxygen atoms in total. The number of halogens is 2. The Morgan fingerprint density at radius 1 is 0.348 bits per heavy atom. The van der Waals surface area contributed by atoms with E-state index in [0.29, 0.717) is 0 Å². The van der Waals surface area contributed by atoms with Gasteiger partial charge in [0.2, 0.25) is 0 Å². The van der Waals surface area contributed by atoms with Gasteiger partial charge in [0.05, 0.1) is 0 Å². The van der Waals surface area contributed by atoms with Crippen LogP contribution >= 0.6 is 17.0 Å². The Kier molecular flexibility index (Phi) is 12.7. The van der Waals surface area contributed by atoms with Crippen LogP contribution < -0.4 is 0 Å². The molecule has 0 spiro atoms. The first-order valence-electron chi connectivity index (χ1n) is 25.1. The third-order valence-corrected chi connectivity index (χ3v) is 37.1. The quantitative estimate of drug-likeness (QED) is 0.121. The Morgan fingerprint density at radius 2 is 0.623 bits per heavy atom. The zero-order chi connectivity index (χ0) is 48.4. The Balaban J connectivity index is 1.21. The summed E-state index contributed by atoms with van der Waals surface area (Å²) in [6, 6.07) is 57.6. The van der Waals surface area contributed by atoms with E-state index in [1.165, 1.54) is 134 Å². The summed E-state index contributed by atoms with van der Waals surface area (Å²) >= 11 is -5.24. The van der Waals surface area contributed by atoms with E-state index in [0.717, 1.165) is 17.0 Å². The standard InChI is InChI=1S/2C32H29.C2H5.2ClH.Zr/c2*1-5-24-16-30-22(3)21(2)23(4)32(31(30)17-24)29-19-27(25-12-8-6-9-13-25)18-28(20-29)26-14-10-7-11-15-26;1-2;;;/h2*6-20H,5H2,1-4H3;1H2,2H3;2*1H;/q;;;;;+2/p-2. The third-order valence-electron chi connectivity index (χ3n) is 16.4. The summed E-state index contributed by atoms with van der Waals surface area (Å²) in [6.45, 7) is 21.0. The van der Waals surface area contributed by atoms with Crippen LogP contribution in [-0.4, -0.2) is 0 Å². The summed E-state index contributed by atoms with van der Waals surface area (Å²) in [7, 11) is 18.1. The normalized spacial score (nSPS) is 15.8. The summed E-state index contributed by atoms with van der Waals surface area (Å²) in [5, 5.41) is 0. The molecule has 69 heavy (non-hydrogen) atoms. The number of benzene rings is 8. The van der Waals surface area contributed by atoms with E-state index < -0.39 is 16.4 Å². The molecule has 0 fully saturated rings. The summed E-state index contributed by atoms with van der Waals surface area (Å²) in [5.74, 6) is 0. The number of hydrogen-bond acceptors (Lipinski definition) is 0. The molecule has 0 saturated heterocycles. The van der Waals surface area contributed by atoms with E-state index in [4.69, 9.17) is 17.0 Å². The van der Waals surface area contributed by atoms with Crippen LogP contribution in [0, 0.1) is 41.5 Å². The van der Waals surface area contributed by atoms with Gasteiger partial charge in [-0.1, -0.05) is 0 Å². The molecule has 0 N–H and O–H groups in total. The van der Waals surface area contributed by atoms with Gasteiger partial charge in [-0.3, -0.25) is 0 Å². The molecule has 2 aliphatic carbocycles. The van der Waals surface area contributed by atoms with E-state index in [1.54, 1.807) is 0 Å². The summed E-state index contributed by atoms with van der Waals surface area (Å²) in [5.41, 5.74) is 30.8. The van der Waals surface area contributed by atoms with Gasteiger partial charge in [0.15, 0.2) is 0 Å². The Labute approximate surface area is 420 Å². The van der Waals surface area contributed by atoms with E-state index in [-0.39, 0.29) is 7.25 Å². The fourth-order valence-electron chi connectivity index (χ4n) is 12.4. The van der Waals surface area contributed by atoms with Crippen molar-refractivity contribution in [3.05, 3.63) is 225 Å². The van der Waals surface area contributed by atoms with Crippen molar-refractivity contribution >= 4 is 29.2 Å². The van der Waals surface area contributed by atoms with Crippen LogP contribution in [0.4, 0.5) is 0 Å². The van der Waals surface area contributed by atoms with Crippen molar-refractivity contribution in [2.75, 3.05) is 0 Å². The Hall–Kier alpha value is -5.30. The van der Waals surface area contributed by atoms with Gasteiger partial charge in [0.1, 0.15) is 0 Å². The van der Waals surface area contributed by atoms with E-state index in [2.05, 4.69) is 232 Å². The first kappa shape index (κ1) is 47.4. The molecular formula is C66H63Cl2Zr. The Bertz CT molecular complexity index is 3020. The summed E-state index contributed by atoms with van der Waals surface area (Å²) < 4.78 is 0.662. The van der Waals surface area contributed by atoms with Gasteiger partial charge in [-0.15, -0.1) is 0 Å². The molecule has 0 amide bonds. The van der Waals surface area contributed by atoms with Gasteiger partial charge in [0.25, 0.3) is 0 Å². The monoisotopic (exact) mass is 1020 g/mol.